The maximum Gasteiger partial charge on any atom is 0.513 e. The number of benzene rings is 1. The van der Waals surface area contributed by atoms with Crippen molar-refractivity contribution in [3.63, 3.8) is 0 Å². The van der Waals surface area contributed by atoms with Gasteiger partial charge in [0.1, 0.15) is 6.10 Å². The Morgan fingerprint density at radius 3 is 1.90 bits per heavy atom. The molecule has 1 aromatic carbocycles. The van der Waals surface area contributed by atoms with Crippen LogP contribution in [0.4, 0.5) is 14.4 Å². The summed E-state index contributed by atoms with van der Waals surface area (Å²) in [4.78, 5) is 49.7. The van der Waals surface area contributed by atoms with Crippen molar-refractivity contribution in [2.24, 2.45) is 5.92 Å². The minimum absolute atomic E-state index is 0.0256. The SMILES string of the molecule is CCCCOC(=O)Oc1ccc(C[C@](NC(C)CC)(OC(=O)OC(C)C(C)C)C(=O)O)cc1OC(=O)OCCCC. The molecule has 232 valence electrons. The van der Waals surface area contributed by atoms with Crippen LogP contribution in [0.3, 0.4) is 0 Å². The molecule has 0 radical (unpaired) electrons. The van der Waals surface area contributed by atoms with Crippen molar-refractivity contribution in [2.75, 3.05) is 13.2 Å². The summed E-state index contributed by atoms with van der Waals surface area (Å²) in [5.74, 6) is -1.85. The van der Waals surface area contributed by atoms with Crippen LogP contribution in [0.1, 0.15) is 86.1 Å². The number of ether oxygens (including phenoxy) is 6. The van der Waals surface area contributed by atoms with E-state index in [9.17, 15) is 24.3 Å². The average molecular weight is 584 g/mol. The molecule has 2 N–H and O–H groups in total. The first-order valence-corrected chi connectivity index (χ1v) is 14.1. The second-order valence-electron chi connectivity index (χ2n) is 10.1. The van der Waals surface area contributed by atoms with Gasteiger partial charge in [-0.1, -0.05) is 53.5 Å². The number of carbonyl (C=O) groups excluding carboxylic acids is 3. The van der Waals surface area contributed by atoms with Crippen LogP contribution in [-0.2, 0) is 30.2 Å². The van der Waals surface area contributed by atoms with Crippen LogP contribution < -0.4 is 14.8 Å². The van der Waals surface area contributed by atoms with E-state index in [1.165, 1.54) is 18.2 Å². The fraction of sp³-hybridized carbons (Fsp3) is 0.655. The number of carboxylic acid groups (broad SMARTS) is 1. The lowest BCUT2D eigenvalue weighted by molar-refractivity contribution is -0.168. The second kappa shape index (κ2) is 18.0. The van der Waals surface area contributed by atoms with Crippen molar-refractivity contribution < 1.29 is 52.7 Å². The van der Waals surface area contributed by atoms with E-state index in [2.05, 4.69) is 5.32 Å². The molecule has 1 aromatic rings. The highest BCUT2D eigenvalue weighted by Gasteiger charge is 2.45. The van der Waals surface area contributed by atoms with Crippen LogP contribution in [0, 0.1) is 5.92 Å². The average Bonchev–Trinajstić information content (AvgIpc) is 2.90. The van der Waals surface area contributed by atoms with Crippen molar-refractivity contribution in [2.45, 2.75) is 105 Å². The molecule has 0 amide bonds. The quantitative estimate of drug-likeness (QED) is 0.0702. The van der Waals surface area contributed by atoms with Crippen molar-refractivity contribution in [3.05, 3.63) is 23.8 Å². The Hall–Kier alpha value is -3.54. The van der Waals surface area contributed by atoms with Crippen LogP contribution in [0.15, 0.2) is 18.2 Å². The fourth-order valence-electron chi connectivity index (χ4n) is 3.20. The van der Waals surface area contributed by atoms with Gasteiger partial charge in [-0.2, -0.15) is 0 Å². The molecule has 0 spiro atoms. The van der Waals surface area contributed by atoms with Gasteiger partial charge in [-0.25, -0.2) is 19.2 Å². The van der Waals surface area contributed by atoms with Crippen molar-refractivity contribution in [3.8, 4) is 11.5 Å². The molecule has 12 nitrogen and oxygen atoms in total. The van der Waals surface area contributed by atoms with Gasteiger partial charge >= 0.3 is 24.4 Å². The van der Waals surface area contributed by atoms with Gasteiger partial charge in [-0.15, -0.1) is 0 Å². The molecule has 0 bridgehead atoms. The van der Waals surface area contributed by atoms with Crippen molar-refractivity contribution >= 4 is 24.4 Å². The van der Waals surface area contributed by atoms with E-state index in [4.69, 9.17) is 28.4 Å². The largest absolute Gasteiger partial charge is 0.513 e. The third-order valence-electron chi connectivity index (χ3n) is 6.20. The Morgan fingerprint density at radius 1 is 0.854 bits per heavy atom. The summed E-state index contributed by atoms with van der Waals surface area (Å²) < 4.78 is 31.3. The van der Waals surface area contributed by atoms with Gasteiger partial charge in [0.05, 0.1) is 13.2 Å². The second-order valence-corrected chi connectivity index (χ2v) is 10.1. The number of rotatable bonds is 17. The highest BCUT2D eigenvalue weighted by Crippen LogP contribution is 2.31. The van der Waals surface area contributed by atoms with Gasteiger partial charge < -0.3 is 33.5 Å². The summed E-state index contributed by atoms with van der Waals surface area (Å²) in [6.07, 6.45) is -0.723. The van der Waals surface area contributed by atoms with E-state index < -0.39 is 36.3 Å². The standard InChI is InChI=1S/C29H45NO11/c1-8-11-15-36-26(33)39-23-14-13-22(17-24(23)40-27(34)37-16-12-9-2)18-29(25(31)32,30-20(6)10-3)41-28(35)38-21(7)19(4)5/h13-14,17,19-21,30H,8-12,15-16,18H2,1-7H3,(H,31,32)/t20?,21?,29-/m0/s1. The minimum atomic E-state index is -2.23. The fourth-order valence-corrected chi connectivity index (χ4v) is 3.20. The summed E-state index contributed by atoms with van der Waals surface area (Å²) in [6.45, 7) is 13.1. The van der Waals surface area contributed by atoms with Crippen molar-refractivity contribution in [1.29, 1.82) is 0 Å². The smallest absolute Gasteiger partial charge is 0.477 e. The number of unbranched alkanes of at least 4 members (excludes halogenated alkanes) is 2. The summed E-state index contributed by atoms with van der Waals surface area (Å²) in [7, 11) is 0. The highest BCUT2D eigenvalue weighted by atomic mass is 16.8. The Kier molecular flexibility index (Phi) is 15.6. The number of carbonyl (C=O) groups is 4. The van der Waals surface area contributed by atoms with E-state index in [0.717, 1.165) is 12.8 Å². The van der Waals surface area contributed by atoms with E-state index in [1.54, 1.807) is 13.8 Å². The molecule has 12 heteroatoms. The van der Waals surface area contributed by atoms with Gasteiger partial charge in [0, 0.05) is 12.5 Å². The zero-order valence-electron chi connectivity index (χ0n) is 25.2. The zero-order valence-corrected chi connectivity index (χ0v) is 25.2. The molecule has 0 aliphatic carbocycles. The third kappa shape index (κ3) is 12.7. The maximum absolute atomic E-state index is 12.7. The predicted octanol–water partition coefficient (Wildman–Crippen LogP) is 6.23. The van der Waals surface area contributed by atoms with Gasteiger partial charge in [0.15, 0.2) is 11.5 Å². The molecule has 41 heavy (non-hydrogen) atoms. The van der Waals surface area contributed by atoms with Crippen molar-refractivity contribution in [1.82, 2.24) is 5.32 Å². The normalized spacial score (nSPS) is 13.9. The number of carboxylic acids is 1. The molecule has 0 saturated heterocycles. The van der Waals surface area contributed by atoms with E-state index in [-0.39, 0.29) is 48.7 Å². The Morgan fingerprint density at radius 2 is 1.41 bits per heavy atom. The molecule has 0 aliphatic heterocycles. The summed E-state index contributed by atoms with van der Waals surface area (Å²) in [5, 5.41) is 13.1. The highest BCUT2D eigenvalue weighted by molar-refractivity contribution is 5.80. The number of hydrogen-bond acceptors (Lipinski definition) is 11. The molecule has 0 aliphatic rings. The van der Waals surface area contributed by atoms with Crippen LogP contribution in [0.25, 0.3) is 0 Å². The lowest BCUT2D eigenvalue weighted by Crippen LogP contribution is -2.59. The van der Waals surface area contributed by atoms with Gasteiger partial charge in [-0.3, -0.25) is 5.32 Å². The Bertz CT molecular complexity index is 997. The summed E-state index contributed by atoms with van der Waals surface area (Å²) in [6, 6.07) is 3.70. The van der Waals surface area contributed by atoms with E-state index >= 15 is 0 Å². The lowest BCUT2D eigenvalue weighted by Gasteiger charge is -2.33. The van der Waals surface area contributed by atoms with Crippen LogP contribution >= 0.6 is 0 Å². The van der Waals surface area contributed by atoms with E-state index in [0.29, 0.717) is 19.3 Å². The Balaban J connectivity index is 3.39. The molecule has 2 unspecified atom stereocenters. The Labute approximate surface area is 241 Å². The summed E-state index contributed by atoms with van der Waals surface area (Å²) in [5.41, 5.74) is -1.96. The molecular formula is C29H45NO11. The van der Waals surface area contributed by atoms with Crippen LogP contribution in [0.5, 0.6) is 11.5 Å². The van der Waals surface area contributed by atoms with Crippen LogP contribution in [0.2, 0.25) is 0 Å². The molecule has 0 saturated carbocycles. The monoisotopic (exact) mass is 583 g/mol. The molecular weight excluding hydrogens is 538 g/mol. The zero-order chi connectivity index (χ0) is 31.0. The first-order chi connectivity index (χ1) is 19.4. The number of hydrogen-bond donors (Lipinski definition) is 2. The lowest BCUT2D eigenvalue weighted by atomic mass is 10.00. The number of nitrogens with one attached hydrogen (secondary N) is 1. The summed E-state index contributed by atoms with van der Waals surface area (Å²) >= 11 is 0. The molecule has 1 rings (SSSR count). The first kappa shape index (κ1) is 35.5. The van der Waals surface area contributed by atoms with Gasteiger partial charge in [0.25, 0.3) is 5.72 Å². The molecule has 0 heterocycles. The predicted molar refractivity (Wildman–Crippen MR) is 149 cm³/mol. The van der Waals surface area contributed by atoms with Gasteiger partial charge in [-0.05, 0) is 56.7 Å². The first-order valence-electron chi connectivity index (χ1n) is 14.1. The topological polar surface area (TPSA) is 156 Å². The van der Waals surface area contributed by atoms with Gasteiger partial charge in [0.2, 0.25) is 0 Å². The maximum atomic E-state index is 12.7. The van der Waals surface area contributed by atoms with E-state index in [1.807, 2.05) is 34.6 Å². The third-order valence-corrected chi connectivity index (χ3v) is 6.20. The minimum Gasteiger partial charge on any atom is -0.477 e. The molecule has 3 atom stereocenters. The molecule has 0 aromatic heterocycles. The van der Waals surface area contributed by atoms with Crippen LogP contribution in [-0.4, -0.2) is 60.6 Å². The molecule has 0 fully saturated rings. The number of aliphatic carboxylic acids is 1.